The van der Waals surface area contributed by atoms with Gasteiger partial charge in [0, 0.05) is 42.7 Å². The predicted octanol–water partition coefficient (Wildman–Crippen LogP) is 3.53. The zero-order valence-corrected chi connectivity index (χ0v) is 14.2. The van der Waals surface area contributed by atoms with Crippen LogP contribution in [0.2, 0.25) is 0 Å². The topological polar surface area (TPSA) is 59.6 Å². The van der Waals surface area contributed by atoms with Crippen molar-refractivity contribution in [3.05, 3.63) is 78.4 Å². The van der Waals surface area contributed by atoms with Crippen molar-refractivity contribution in [2.75, 3.05) is 13.7 Å². The Balaban J connectivity index is 1.84. The molecule has 0 spiro atoms. The molecular weight excluding hydrogens is 314 g/mol. The summed E-state index contributed by atoms with van der Waals surface area (Å²) in [7, 11) is 1.58. The lowest BCUT2D eigenvalue weighted by Gasteiger charge is -2.11. The van der Waals surface area contributed by atoms with Crippen LogP contribution in [0.5, 0.6) is 11.5 Å². The fourth-order valence-corrected chi connectivity index (χ4v) is 2.63. The fraction of sp³-hybridized carbons (Fsp3) is 0.200. The van der Waals surface area contributed by atoms with Crippen LogP contribution in [-0.4, -0.2) is 34.0 Å². The Kier molecular flexibility index (Phi) is 5.46. The molecule has 0 unspecified atom stereocenters. The summed E-state index contributed by atoms with van der Waals surface area (Å²) in [5.41, 5.74) is 2.46. The second-order valence-electron chi connectivity index (χ2n) is 5.63. The van der Waals surface area contributed by atoms with E-state index in [9.17, 15) is 5.11 Å². The Morgan fingerprint density at radius 2 is 2.04 bits per heavy atom. The van der Waals surface area contributed by atoms with Gasteiger partial charge in [0.15, 0.2) is 0 Å². The highest BCUT2D eigenvalue weighted by Gasteiger charge is 2.12. The van der Waals surface area contributed by atoms with Gasteiger partial charge in [-0.25, -0.2) is 4.98 Å². The number of imidazole rings is 1. The first-order chi connectivity index (χ1) is 12.3. The molecule has 0 aliphatic rings. The number of hydrogen-bond donors (Lipinski definition) is 1. The summed E-state index contributed by atoms with van der Waals surface area (Å²) < 4.78 is 7.20. The minimum atomic E-state index is 0.163. The fourth-order valence-electron chi connectivity index (χ4n) is 2.63. The molecule has 1 N–H and O–H groups in total. The number of aromatic hydroxyl groups is 1. The van der Waals surface area contributed by atoms with E-state index in [0.29, 0.717) is 17.9 Å². The number of rotatable bonds is 7. The summed E-state index contributed by atoms with van der Waals surface area (Å²) in [6.07, 6.45) is 6.41. The van der Waals surface area contributed by atoms with Gasteiger partial charge in [-0.3, -0.25) is 4.99 Å². The third kappa shape index (κ3) is 4.26. The maximum absolute atomic E-state index is 10.4. The van der Waals surface area contributed by atoms with Gasteiger partial charge < -0.3 is 14.4 Å². The molecule has 1 heterocycles. The second kappa shape index (κ2) is 8.15. The molecule has 25 heavy (non-hydrogen) atoms. The van der Waals surface area contributed by atoms with Crippen molar-refractivity contribution < 1.29 is 9.84 Å². The Morgan fingerprint density at radius 3 is 2.72 bits per heavy atom. The molecule has 0 saturated carbocycles. The van der Waals surface area contributed by atoms with E-state index in [4.69, 9.17) is 9.73 Å². The molecule has 3 rings (SSSR count). The Hall–Kier alpha value is -3.08. The van der Waals surface area contributed by atoms with Gasteiger partial charge in [-0.05, 0) is 18.6 Å². The zero-order chi connectivity index (χ0) is 17.5. The molecule has 0 saturated heterocycles. The number of hydrogen-bond acceptors (Lipinski definition) is 4. The van der Waals surface area contributed by atoms with Crippen molar-refractivity contribution in [3.8, 4) is 11.5 Å². The highest BCUT2D eigenvalue weighted by atomic mass is 16.5. The van der Waals surface area contributed by atoms with Gasteiger partial charge in [-0.2, -0.15) is 0 Å². The van der Waals surface area contributed by atoms with Gasteiger partial charge in [0.05, 0.1) is 19.1 Å². The van der Waals surface area contributed by atoms with Gasteiger partial charge >= 0.3 is 0 Å². The van der Waals surface area contributed by atoms with Crippen LogP contribution in [0, 0.1) is 0 Å². The van der Waals surface area contributed by atoms with Crippen molar-refractivity contribution in [1.82, 2.24) is 9.55 Å². The van der Waals surface area contributed by atoms with Crippen LogP contribution in [0.4, 0.5) is 0 Å². The monoisotopic (exact) mass is 335 g/mol. The summed E-state index contributed by atoms with van der Waals surface area (Å²) in [6, 6.07) is 15.2. The minimum absolute atomic E-state index is 0.163. The average molecular weight is 335 g/mol. The summed E-state index contributed by atoms with van der Waals surface area (Å²) in [6.45, 7) is 1.52. The van der Waals surface area contributed by atoms with Crippen LogP contribution >= 0.6 is 0 Å². The van der Waals surface area contributed by atoms with E-state index in [1.165, 1.54) is 0 Å². The molecule has 0 aliphatic heterocycles. The van der Waals surface area contributed by atoms with Crippen molar-refractivity contribution in [3.63, 3.8) is 0 Å². The third-order valence-corrected chi connectivity index (χ3v) is 3.91. The SMILES string of the molecule is COc1ccc(/C(=N\CCCn2ccnc2)c2ccccc2)c(O)c1. The number of benzene rings is 2. The van der Waals surface area contributed by atoms with E-state index < -0.39 is 0 Å². The molecule has 5 nitrogen and oxygen atoms in total. The number of methoxy groups -OCH3 is 1. The van der Waals surface area contributed by atoms with Crippen LogP contribution in [-0.2, 0) is 6.54 Å². The van der Waals surface area contributed by atoms with Crippen molar-refractivity contribution in [2.24, 2.45) is 4.99 Å². The van der Waals surface area contributed by atoms with Crippen LogP contribution in [0.15, 0.2) is 72.2 Å². The maximum atomic E-state index is 10.4. The van der Waals surface area contributed by atoms with Crippen LogP contribution in [0.3, 0.4) is 0 Å². The maximum Gasteiger partial charge on any atom is 0.128 e. The highest BCUT2D eigenvalue weighted by molar-refractivity contribution is 6.14. The van der Waals surface area contributed by atoms with E-state index in [2.05, 4.69) is 4.98 Å². The molecule has 0 atom stereocenters. The summed E-state index contributed by atoms with van der Waals surface area (Å²) in [5, 5.41) is 10.4. The number of phenolic OH excluding ortho intramolecular Hbond substituents is 1. The first-order valence-corrected chi connectivity index (χ1v) is 8.21. The standard InChI is InChI=1S/C20H21N3O2/c1-25-17-8-9-18(19(24)14-17)20(16-6-3-2-4-7-16)22-10-5-12-23-13-11-21-15-23/h2-4,6-9,11,13-15,24H,5,10,12H2,1H3/b22-20-. The Bertz CT molecular complexity index is 827. The lowest BCUT2D eigenvalue weighted by Crippen LogP contribution is -2.06. The third-order valence-electron chi connectivity index (χ3n) is 3.91. The largest absolute Gasteiger partial charge is 0.507 e. The summed E-state index contributed by atoms with van der Waals surface area (Å²) >= 11 is 0. The number of aliphatic imine (C=N–C) groups is 1. The number of nitrogens with zero attached hydrogens (tertiary/aromatic N) is 3. The molecule has 2 aromatic carbocycles. The number of ether oxygens (including phenoxy) is 1. The lowest BCUT2D eigenvalue weighted by atomic mass is 10.0. The molecular formula is C20H21N3O2. The highest BCUT2D eigenvalue weighted by Crippen LogP contribution is 2.26. The normalized spacial score (nSPS) is 11.5. The molecule has 1 aromatic heterocycles. The predicted molar refractivity (Wildman–Crippen MR) is 98.5 cm³/mol. The molecule has 0 bridgehead atoms. The van der Waals surface area contributed by atoms with Gasteiger partial charge in [0.1, 0.15) is 11.5 Å². The van der Waals surface area contributed by atoms with E-state index in [-0.39, 0.29) is 5.75 Å². The van der Waals surface area contributed by atoms with Crippen molar-refractivity contribution >= 4 is 5.71 Å². The molecule has 5 heteroatoms. The van der Waals surface area contributed by atoms with Crippen LogP contribution < -0.4 is 4.74 Å². The Morgan fingerprint density at radius 1 is 1.20 bits per heavy atom. The number of phenols is 1. The quantitative estimate of drug-likeness (QED) is 0.531. The van der Waals surface area contributed by atoms with Crippen LogP contribution in [0.25, 0.3) is 0 Å². The molecule has 128 valence electrons. The first-order valence-electron chi connectivity index (χ1n) is 8.21. The molecule has 3 aromatic rings. The van der Waals surface area contributed by atoms with Gasteiger partial charge in [0.25, 0.3) is 0 Å². The van der Waals surface area contributed by atoms with Crippen molar-refractivity contribution in [2.45, 2.75) is 13.0 Å². The molecule has 0 aliphatic carbocycles. The minimum Gasteiger partial charge on any atom is -0.507 e. The van der Waals surface area contributed by atoms with E-state index >= 15 is 0 Å². The lowest BCUT2D eigenvalue weighted by molar-refractivity contribution is 0.407. The zero-order valence-electron chi connectivity index (χ0n) is 14.2. The van der Waals surface area contributed by atoms with E-state index in [1.54, 1.807) is 25.7 Å². The number of aryl methyl sites for hydroxylation is 1. The van der Waals surface area contributed by atoms with Crippen molar-refractivity contribution in [1.29, 1.82) is 0 Å². The second-order valence-corrected chi connectivity index (χ2v) is 5.63. The van der Waals surface area contributed by atoms with Gasteiger partial charge in [-0.1, -0.05) is 30.3 Å². The molecule has 0 fully saturated rings. The average Bonchev–Trinajstić information content (AvgIpc) is 3.16. The summed E-state index contributed by atoms with van der Waals surface area (Å²) in [5.74, 6) is 0.783. The first kappa shape index (κ1) is 16.8. The number of aromatic nitrogens is 2. The van der Waals surface area contributed by atoms with Gasteiger partial charge in [0.2, 0.25) is 0 Å². The molecule has 0 radical (unpaired) electrons. The summed E-state index contributed by atoms with van der Waals surface area (Å²) in [4.78, 5) is 8.80. The Labute approximate surface area is 147 Å². The smallest absolute Gasteiger partial charge is 0.128 e. The van der Waals surface area contributed by atoms with E-state index in [0.717, 1.165) is 24.2 Å². The van der Waals surface area contributed by atoms with E-state index in [1.807, 2.05) is 53.2 Å². The molecule has 0 amide bonds. The van der Waals surface area contributed by atoms with Gasteiger partial charge in [-0.15, -0.1) is 0 Å². The van der Waals surface area contributed by atoms with Crippen LogP contribution in [0.1, 0.15) is 17.5 Å².